The smallest absolute Gasteiger partial charge is 0.220 e. The van der Waals surface area contributed by atoms with Gasteiger partial charge in [-0.05, 0) is 19.8 Å². The molecule has 0 aliphatic carbocycles. The number of hydrogen-bond donors (Lipinski definition) is 1. The zero-order valence-corrected chi connectivity index (χ0v) is 8.85. The molecule has 0 saturated heterocycles. The van der Waals surface area contributed by atoms with Crippen LogP contribution in [0, 0.1) is 22.7 Å². The minimum Gasteiger partial charge on any atom is -0.355 e. The first-order valence-electron chi connectivity index (χ1n) is 4.55. The number of nitrogens with zero attached hydrogens (tertiary/aromatic N) is 1. The average Bonchev–Trinajstić information content (AvgIpc) is 2.00. The van der Waals surface area contributed by atoms with Crippen LogP contribution in [0.4, 0.5) is 0 Å². The van der Waals surface area contributed by atoms with E-state index in [1.54, 1.807) is 0 Å². The fourth-order valence-corrected chi connectivity index (χ4v) is 0.802. The molecule has 1 amide bonds. The maximum atomic E-state index is 11.2. The van der Waals surface area contributed by atoms with Gasteiger partial charge in [0.2, 0.25) is 5.91 Å². The first-order chi connectivity index (χ1) is 5.87. The summed E-state index contributed by atoms with van der Waals surface area (Å²) in [5, 5.41) is 11.4. The van der Waals surface area contributed by atoms with Crippen LogP contribution in [0.25, 0.3) is 0 Å². The number of nitriles is 1. The molecule has 0 saturated carbocycles. The number of nitrogens with one attached hydrogen (secondary N) is 1. The maximum Gasteiger partial charge on any atom is 0.220 e. The Morgan fingerprint density at radius 3 is 2.46 bits per heavy atom. The molecular formula is C10H18N2O. The largest absolute Gasteiger partial charge is 0.355 e. The summed E-state index contributed by atoms with van der Waals surface area (Å²) in [5.74, 6) is 0.392. The molecule has 0 aliphatic heterocycles. The van der Waals surface area contributed by atoms with Crippen molar-refractivity contribution < 1.29 is 4.79 Å². The predicted molar refractivity (Wildman–Crippen MR) is 51.9 cm³/mol. The molecule has 3 nitrogen and oxygen atoms in total. The molecule has 0 radical (unpaired) electrons. The molecule has 0 aliphatic rings. The summed E-state index contributed by atoms with van der Waals surface area (Å²) in [6.07, 6.45) is 0.529. The average molecular weight is 182 g/mol. The van der Waals surface area contributed by atoms with Crippen molar-refractivity contribution in [3.05, 3.63) is 0 Å². The van der Waals surface area contributed by atoms with E-state index in [9.17, 15) is 4.79 Å². The van der Waals surface area contributed by atoms with Crippen molar-refractivity contribution in [3.8, 4) is 6.07 Å². The van der Waals surface area contributed by atoms with Gasteiger partial charge in [-0.1, -0.05) is 13.8 Å². The molecule has 0 aromatic heterocycles. The fraction of sp³-hybridized carbons (Fsp3) is 0.800. The maximum absolute atomic E-state index is 11.2. The lowest BCUT2D eigenvalue weighted by atomic mass is 9.96. The highest BCUT2D eigenvalue weighted by Crippen LogP contribution is 2.10. The van der Waals surface area contributed by atoms with Gasteiger partial charge in [-0.15, -0.1) is 0 Å². The number of hydrogen-bond acceptors (Lipinski definition) is 2. The topological polar surface area (TPSA) is 52.9 Å². The van der Waals surface area contributed by atoms with Crippen molar-refractivity contribution in [1.29, 1.82) is 5.26 Å². The van der Waals surface area contributed by atoms with Crippen LogP contribution < -0.4 is 5.32 Å². The molecule has 0 spiro atoms. The SMILES string of the molecule is CC(C)CC(=O)NCC(C)(C)C#N. The summed E-state index contributed by atoms with van der Waals surface area (Å²) in [5.41, 5.74) is -0.466. The van der Waals surface area contributed by atoms with Crippen molar-refractivity contribution in [3.63, 3.8) is 0 Å². The molecule has 0 heterocycles. The van der Waals surface area contributed by atoms with Crippen molar-refractivity contribution >= 4 is 5.91 Å². The van der Waals surface area contributed by atoms with Crippen LogP contribution in [0.3, 0.4) is 0 Å². The Hall–Kier alpha value is -1.04. The second kappa shape index (κ2) is 4.86. The lowest BCUT2D eigenvalue weighted by Gasteiger charge is -2.16. The van der Waals surface area contributed by atoms with Gasteiger partial charge >= 0.3 is 0 Å². The highest BCUT2D eigenvalue weighted by atomic mass is 16.1. The lowest BCUT2D eigenvalue weighted by Crippen LogP contribution is -2.33. The Morgan fingerprint density at radius 1 is 1.54 bits per heavy atom. The van der Waals surface area contributed by atoms with E-state index in [1.165, 1.54) is 0 Å². The second-order valence-corrected chi connectivity index (χ2v) is 4.37. The van der Waals surface area contributed by atoms with Gasteiger partial charge in [0.15, 0.2) is 0 Å². The molecule has 74 valence electrons. The van der Waals surface area contributed by atoms with Crippen LogP contribution in [0.1, 0.15) is 34.1 Å². The molecule has 1 N–H and O–H groups in total. The molecule has 0 bridgehead atoms. The third kappa shape index (κ3) is 6.15. The summed E-state index contributed by atoms with van der Waals surface area (Å²) in [7, 11) is 0. The molecule has 13 heavy (non-hydrogen) atoms. The number of carbonyl (C=O) groups excluding carboxylic acids is 1. The second-order valence-electron chi connectivity index (χ2n) is 4.37. The predicted octanol–water partition coefficient (Wildman–Crippen LogP) is 1.70. The Bertz CT molecular complexity index is 213. The summed E-state index contributed by atoms with van der Waals surface area (Å²) >= 11 is 0. The zero-order valence-electron chi connectivity index (χ0n) is 8.85. The van der Waals surface area contributed by atoms with Crippen molar-refractivity contribution in [2.24, 2.45) is 11.3 Å². The van der Waals surface area contributed by atoms with Crippen LogP contribution >= 0.6 is 0 Å². The third-order valence-electron chi connectivity index (χ3n) is 1.62. The van der Waals surface area contributed by atoms with Crippen LogP contribution in [-0.2, 0) is 4.79 Å². The number of rotatable bonds is 4. The standard InChI is InChI=1S/C10H18N2O/c1-8(2)5-9(13)12-7-10(3,4)6-11/h8H,5,7H2,1-4H3,(H,12,13). The quantitative estimate of drug-likeness (QED) is 0.719. The van der Waals surface area contributed by atoms with Gasteiger partial charge in [0.25, 0.3) is 0 Å². The number of carbonyl (C=O) groups is 1. The van der Waals surface area contributed by atoms with Gasteiger partial charge in [0.05, 0.1) is 11.5 Å². The summed E-state index contributed by atoms with van der Waals surface area (Å²) in [4.78, 5) is 11.2. The molecular weight excluding hydrogens is 164 g/mol. The van der Waals surface area contributed by atoms with Crippen LogP contribution in [0.2, 0.25) is 0 Å². The van der Waals surface area contributed by atoms with Crippen LogP contribution in [-0.4, -0.2) is 12.5 Å². The Balaban J connectivity index is 3.78. The summed E-state index contributed by atoms with van der Waals surface area (Å²) < 4.78 is 0. The van der Waals surface area contributed by atoms with Gasteiger partial charge in [-0.25, -0.2) is 0 Å². The highest BCUT2D eigenvalue weighted by Gasteiger charge is 2.17. The van der Waals surface area contributed by atoms with E-state index in [0.29, 0.717) is 18.9 Å². The van der Waals surface area contributed by atoms with Crippen LogP contribution in [0.5, 0.6) is 0 Å². The van der Waals surface area contributed by atoms with Gasteiger partial charge in [0, 0.05) is 13.0 Å². The minimum atomic E-state index is -0.466. The van der Waals surface area contributed by atoms with Gasteiger partial charge in [-0.3, -0.25) is 4.79 Å². The Morgan fingerprint density at radius 2 is 2.08 bits per heavy atom. The molecule has 0 fully saturated rings. The monoisotopic (exact) mass is 182 g/mol. The zero-order chi connectivity index (χ0) is 10.5. The molecule has 3 heteroatoms. The molecule has 0 aromatic rings. The van der Waals surface area contributed by atoms with E-state index in [-0.39, 0.29) is 5.91 Å². The highest BCUT2D eigenvalue weighted by molar-refractivity contribution is 5.76. The van der Waals surface area contributed by atoms with Gasteiger partial charge in [-0.2, -0.15) is 5.26 Å². The lowest BCUT2D eigenvalue weighted by molar-refractivity contribution is -0.122. The molecule has 0 aromatic carbocycles. The van der Waals surface area contributed by atoms with E-state index < -0.39 is 5.41 Å². The van der Waals surface area contributed by atoms with Gasteiger partial charge in [0.1, 0.15) is 0 Å². The molecule has 0 rings (SSSR count). The summed E-state index contributed by atoms with van der Waals surface area (Å²) in [6, 6.07) is 2.14. The first kappa shape index (κ1) is 12.0. The van der Waals surface area contributed by atoms with E-state index in [1.807, 2.05) is 27.7 Å². The molecule has 0 atom stereocenters. The fourth-order valence-electron chi connectivity index (χ4n) is 0.802. The van der Waals surface area contributed by atoms with E-state index in [2.05, 4.69) is 11.4 Å². The molecule has 0 unspecified atom stereocenters. The minimum absolute atomic E-state index is 0.0262. The third-order valence-corrected chi connectivity index (χ3v) is 1.62. The van der Waals surface area contributed by atoms with Gasteiger partial charge < -0.3 is 5.32 Å². The van der Waals surface area contributed by atoms with E-state index >= 15 is 0 Å². The van der Waals surface area contributed by atoms with Crippen molar-refractivity contribution in [2.75, 3.05) is 6.54 Å². The normalized spacial score (nSPS) is 11.1. The van der Waals surface area contributed by atoms with E-state index in [4.69, 9.17) is 5.26 Å². The first-order valence-corrected chi connectivity index (χ1v) is 4.55. The van der Waals surface area contributed by atoms with Crippen molar-refractivity contribution in [2.45, 2.75) is 34.1 Å². The van der Waals surface area contributed by atoms with Crippen molar-refractivity contribution in [1.82, 2.24) is 5.32 Å². The number of amides is 1. The Kier molecular flexibility index (Phi) is 4.47. The Labute approximate surface area is 80.1 Å². The van der Waals surface area contributed by atoms with E-state index in [0.717, 1.165) is 0 Å². The summed E-state index contributed by atoms with van der Waals surface area (Å²) in [6.45, 7) is 8.03. The van der Waals surface area contributed by atoms with Crippen LogP contribution in [0.15, 0.2) is 0 Å².